The first-order valence-electron chi connectivity index (χ1n) is 3.71. The summed E-state index contributed by atoms with van der Waals surface area (Å²) in [6.07, 6.45) is -5.12. The maximum absolute atomic E-state index is 12.3. The van der Waals surface area contributed by atoms with Crippen molar-refractivity contribution < 1.29 is 27.5 Å². The average Bonchev–Trinajstić information content (AvgIpc) is 2.00. The molecule has 8 heteroatoms. The zero-order chi connectivity index (χ0) is 11.7. The fourth-order valence-corrected chi connectivity index (χ4v) is 1.74. The van der Waals surface area contributed by atoms with Gasteiger partial charge in [0.15, 0.2) is 0 Å². The number of rotatable bonds is 2. The van der Waals surface area contributed by atoms with Crippen LogP contribution >= 0.6 is 7.75 Å². The van der Waals surface area contributed by atoms with E-state index in [-0.39, 0.29) is 0 Å². The van der Waals surface area contributed by atoms with Crippen molar-refractivity contribution in [2.24, 2.45) is 0 Å². The third kappa shape index (κ3) is 2.95. The zero-order valence-electron chi connectivity index (χ0n) is 7.22. The smallest absolute Gasteiger partial charge is 0.308 e. The van der Waals surface area contributed by atoms with Crippen LogP contribution in [0.4, 0.5) is 18.9 Å². The Morgan fingerprint density at radius 1 is 1.13 bits per heavy atom. The summed E-state index contributed by atoms with van der Waals surface area (Å²) >= 11 is 0. The predicted molar refractivity (Wildman–Crippen MR) is 47.0 cm³/mol. The van der Waals surface area contributed by atoms with Crippen LogP contribution in [0.25, 0.3) is 0 Å². The van der Waals surface area contributed by atoms with Gasteiger partial charge in [0.1, 0.15) is 0 Å². The van der Waals surface area contributed by atoms with Crippen LogP contribution < -0.4 is 4.67 Å². The molecule has 1 rings (SSSR count). The van der Waals surface area contributed by atoms with Crippen LogP contribution in [0.3, 0.4) is 0 Å². The lowest BCUT2D eigenvalue weighted by molar-refractivity contribution is -0.118. The Kier molecular flexibility index (Phi) is 3.08. The number of hydrogen-bond donors (Lipinski definition) is 2. The maximum Gasteiger partial charge on any atom is 0.493 e. The van der Waals surface area contributed by atoms with Crippen LogP contribution in [0.1, 0.15) is 0 Å². The Morgan fingerprint density at radius 2 is 1.60 bits per heavy atom. The van der Waals surface area contributed by atoms with E-state index in [2.05, 4.69) is 0 Å². The van der Waals surface area contributed by atoms with E-state index in [0.717, 1.165) is 12.1 Å². The van der Waals surface area contributed by atoms with Crippen molar-refractivity contribution in [2.75, 3.05) is 4.67 Å². The molecule has 0 aliphatic rings. The molecule has 0 saturated carbocycles. The lowest BCUT2D eigenvalue weighted by Crippen LogP contribution is -2.34. The molecule has 0 radical (unpaired) electrons. The largest absolute Gasteiger partial charge is 0.493 e. The van der Waals surface area contributed by atoms with Gasteiger partial charge < -0.3 is 9.79 Å². The molecule has 0 amide bonds. The van der Waals surface area contributed by atoms with E-state index >= 15 is 0 Å². The molecular weight excluding hydrogens is 234 g/mol. The van der Waals surface area contributed by atoms with E-state index in [1.165, 1.54) is 18.2 Å². The van der Waals surface area contributed by atoms with Crippen molar-refractivity contribution in [3.8, 4) is 0 Å². The molecule has 0 atom stereocenters. The summed E-state index contributed by atoms with van der Waals surface area (Å²) in [5.41, 5.74) is -0.599. The van der Waals surface area contributed by atoms with Crippen LogP contribution in [0, 0.1) is 0 Å². The van der Waals surface area contributed by atoms with Gasteiger partial charge in [-0.3, -0.25) is 0 Å². The van der Waals surface area contributed by atoms with Gasteiger partial charge in [-0.25, -0.2) is 4.57 Å². The van der Waals surface area contributed by atoms with Gasteiger partial charge in [-0.15, -0.1) is 13.2 Å². The minimum atomic E-state index is -5.41. The van der Waals surface area contributed by atoms with Gasteiger partial charge in [0, 0.05) is 0 Å². The molecule has 1 aromatic rings. The van der Waals surface area contributed by atoms with Crippen molar-refractivity contribution in [3.63, 3.8) is 0 Å². The SMILES string of the molecule is O=P(O)(O)N(c1ccccc1)C(F)(F)F. The standard InChI is InChI=1S/C7H7F3NO3P/c8-7(9,10)11(15(12,13)14)6-4-2-1-3-5-6/h1-5H,(H2,12,13,14). The molecule has 0 aromatic heterocycles. The first kappa shape index (κ1) is 12.0. The third-order valence-corrected chi connectivity index (χ3v) is 2.48. The summed E-state index contributed by atoms with van der Waals surface area (Å²) in [5.74, 6) is 0. The molecule has 0 saturated heterocycles. The van der Waals surface area contributed by atoms with Crippen molar-refractivity contribution >= 4 is 13.4 Å². The molecule has 2 N–H and O–H groups in total. The van der Waals surface area contributed by atoms with Crippen molar-refractivity contribution in [1.29, 1.82) is 0 Å². The summed E-state index contributed by atoms with van der Waals surface area (Å²) in [4.78, 5) is 17.2. The number of nitrogens with zero attached hydrogens (tertiary/aromatic N) is 1. The van der Waals surface area contributed by atoms with Crippen LogP contribution in [-0.4, -0.2) is 16.1 Å². The molecule has 15 heavy (non-hydrogen) atoms. The highest BCUT2D eigenvalue weighted by Gasteiger charge is 2.47. The van der Waals surface area contributed by atoms with Gasteiger partial charge in [0.2, 0.25) is 0 Å². The van der Waals surface area contributed by atoms with Crippen LogP contribution in [0.15, 0.2) is 30.3 Å². The van der Waals surface area contributed by atoms with Gasteiger partial charge in [-0.05, 0) is 12.1 Å². The Balaban J connectivity index is 3.21. The molecule has 84 valence electrons. The highest BCUT2D eigenvalue weighted by molar-refractivity contribution is 7.53. The maximum atomic E-state index is 12.3. The monoisotopic (exact) mass is 241 g/mol. The Bertz CT molecular complexity index is 375. The summed E-state index contributed by atoms with van der Waals surface area (Å²) in [6, 6.07) is 5.88. The second kappa shape index (κ2) is 3.84. The molecule has 0 bridgehead atoms. The van der Waals surface area contributed by atoms with Crippen LogP contribution in [-0.2, 0) is 4.57 Å². The van der Waals surface area contributed by atoms with Crippen LogP contribution in [0.2, 0.25) is 0 Å². The Hall–Kier alpha value is -1.04. The van der Waals surface area contributed by atoms with Crippen molar-refractivity contribution in [2.45, 2.75) is 6.30 Å². The van der Waals surface area contributed by atoms with Gasteiger partial charge >= 0.3 is 14.0 Å². The van der Waals surface area contributed by atoms with E-state index in [9.17, 15) is 17.7 Å². The van der Waals surface area contributed by atoms with Crippen LogP contribution in [0.5, 0.6) is 0 Å². The van der Waals surface area contributed by atoms with Gasteiger partial charge in [-0.1, -0.05) is 18.2 Å². The van der Waals surface area contributed by atoms with E-state index in [4.69, 9.17) is 9.79 Å². The normalized spacial score (nSPS) is 12.6. The van der Waals surface area contributed by atoms with E-state index < -0.39 is 24.4 Å². The van der Waals surface area contributed by atoms with Crippen molar-refractivity contribution in [3.05, 3.63) is 30.3 Å². The van der Waals surface area contributed by atoms with Gasteiger partial charge in [0.25, 0.3) is 0 Å². The third-order valence-electron chi connectivity index (χ3n) is 1.50. The molecule has 0 heterocycles. The summed E-state index contributed by atoms with van der Waals surface area (Å²) in [5, 5.41) is 0. The number of anilines is 1. The fraction of sp³-hybridized carbons (Fsp3) is 0.143. The number of alkyl halides is 3. The molecule has 4 nitrogen and oxygen atoms in total. The molecule has 0 spiro atoms. The minimum absolute atomic E-state index is 0.599. The molecule has 1 aromatic carbocycles. The van der Waals surface area contributed by atoms with Gasteiger partial charge in [0.05, 0.1) is 5.69 Å². The molecule has 0 unspecified atom stereocenters. The fourth-order valence-electron chi connectivity index (χ4n) is 1.01. The number of halogens is 3. The van der Waals surface area contributed by atoms with E-state index in [1.54, 1.807) is 0 Å². The number of hydrogen-bond acceptors (Lipinski definition) is 1. The number of benzene rings is 1. The van der Waals surface area contributed by atoms with Crippen molar-refractivity contribution in [1.82, 2.24) is 0 Å². The highest BCUT2D eigenvalue weighted by atomic mass is 31.2. The summed E-state index contributed by atoms with van der Waals surface area (Å²) in [7, 11) is -5.41. The lowest BCUT2D eigenvalue weighted by atomic mass is 10.3. The summed E-state index contributed by atoms with van der Waals surface area (Å²) in [6.45, 7) is 0. The molecular formula is C7H7F3NO3P. The first-order valence-corrected chi connectivity index (χ1v) is 5.27. The lowest BCUT2D eigenvalue weighted by Gasteiger charge is -2.26. The quantitative estimate of drug-likeness (QED) is 0.614. The number of para-hydroxylation sites is 1. The zero-order valence-corrected chi connectivity index (χ0v) is 8.11. The Labute approximate surface area is 83.2 Å². The second-order valence-electron chi connectivity index (χ2n) is 2.63. The highest BCUT2D eigenvalue weighted by Crippen LogP contribution is 2.50. The topological polar surface area (TPSA) is 60.8 Å². The molecule has 0 aliphatic heterocycles. The first-order chi connectivity index (χ1) is 6.73. The Morgan fingerprint density at radius 3 is 1.93 bits per heavy atom. The van der Waals surface area contributed by atoms with E-state index in [1.807, 2.05) is 0 Å². The van der Waals surface area contributed by atoms with E-state index in [0.29, 0.717) is 0 Å². The predicted octanol–water partition coefficient (Wildman–Crippen LogP) is 2.11. The molecule has 0 aliphatic carbocycles. The average molecular weight is 241 g/mol. The molecule has 0 fully saturated rings. The second-order valence-corrected chi connectivity index (χ2v) is 4.06. The van der Waals surface area contributed by atoms with Gasteiger partial charge in [-0.2, -0.15) is 4.67 Å². The summed E-state index contributed by atoms with van der Waals surface area (Å²) < 4.78 is 46.8. The minimum Gasteiger partial charge on any atom is -0.308 e.